The average molecular weight is 277 g/mol. The van der Waals surface area contributed by atoms with Crippen molar-refractivity contribution in [3.8, 4) is 0 Å². The Balaban J connectivity index is 1.89. The number of nitrogens with one attached hydrogen (secondary N) is 2. The van der Waals surface area contributed by atoms with Gasteiger partial charge in [-0.25, -0.2) is 0 Å². The normalized spacial score (nSPS) is 10.5. The molecule has 0 aliphatic heterocycles. The predicted octanol–water partition coefficient (Wildman–Crippen LogP) is 3.26. The quantitative estimate of drug-likeness (QED) is 0.885. The van der Waals surface area contributed by atoms with Gasteiger partial charge in [-0.05, 0) is 44.0 Å². The van der Waals surface area contributed by atoms with Crippen molar-refractivity contribution < 1.29 is 4.79 Å². The maximum absolute atomic E-state index is 12.0. The number of carbonyl (C=O) groups is 1. The molecule has 1 amide bonds. The van der Waals surface area contributed by atoms with Gasteiger partial charge in [-0.1, -0.05) is 23.7 Å². The van der Waals surface area contributed by atoms with E-state index in [1.165, 1.54) is 0 Å². The van der Waals surface area contributed by atoms with Crippen molar-refractivity contribution in [3.63, 3.8) is 0 Å². The second-order valence-corrected chi connectivity index (χ2v) is 5.06. The largest absolute Gasteiger partial charge is 0.362 e. The third-order valence-electron chi connectivity index (χ3n) is 2.98. The monoisotopic (exact) mass is 276 g/mol. The first-order chi connectivity index (χ1) is 9.06. The topological polar surface area (TPSA) is 44.9 Å². The molecule has 19 heavy (non-hydrogen) atoms. The minimum Gasteiger partial charge on any atom is -0.362 e. The summed E-state index contributed by atoms with van der Waals surface area (Å²) in [6.45, 7) is 4.44. The lowest BCUT2D eigenvalue weighted by atomic mass is 10.1. The van der Waals surface area contributed by atoms with Gasteiger partial charge in [0.05, 0.1) is 5.56 Å². The second kappa shape index (κ2) is 5.93. The summed E-state index contributed by atoms with van der Waals surface area (Å²) in [6.07, 6.45) is 0.773. The van der Waals surface area contributed by atoms with Crippen molar-refractivity contribution in [1.29, 1.82) is 0 Å². The number of hydrogen-bond acceptors (Lipinski definition) is 1. The van der Waals surface area contributed by atoms with Crippen molar-refractivity contribution in [1.82, 2.24) is 10.3 Å². The maximum Gasteiger partial charge on any atom is 0.253 e. The van der Waals surface area contributed by atoms with Crippen LogP contribution in [-0.4, -0.2) is 17.4 Å². The zero-order valence-electron chi connectivity index (χ0n) is 11.1. The van der Waals surface area contributed by atoms with E-state index in [0.29, 0.717) is 12.1 Å². The highest BCUT2D eigenvalue weighted by atomic mass is 35.5. The van der Waals surface area contributed by atoms with Gasteiger partial charge >= 0.3 is 0 Å². The first kappa shape index (κ1) is 13.7. The molecule has 0 radical (unpaired) electrons. The Labute approximate surface area is 118 Å². The summed E-state index contributed by atoms with van der Waals surface area (Å²) < 4.78 is 0. The van der Waals surface area contributed by atoms with Gasteiger partial charge < -0.3 is 10.3 Å². The third-order valence-corrected chi connectivity index (χ3v) is 3.22. The second-order valence-electron chi connectivity index (χ2n) is 4.63. The van der Waals surface area contributed by atoms with E-state index < -0.39 is 0 Å². The van der Waals surface area contributed by atoms with Gasteiger partial charge in [0.1, 0.15) is 0 Å². The van der Waals surface area contributed by atoms with Gasteiger partial charge in [0.15, 0.2) is 0 Å². The van der Waals surface area contributed by atoms with E-state index in [2.05, 4.69) is 10.3 Å². The molecule has 2 aromatic rings. The number of halogens is 1. The van der Waals surface area contributed by atoms with E-state index in [1.807, 2.05) is 44.2 Å². The van der Waals surface area contributed by atoms with Crippen LogP contribution in [0.1, 0.15) is 27.3 Å². The van der Waals surface area contributed by atoms with Gasteiger partial charge in [-0.15, -0.1) is 0 Å². The number of rotatable bonds is 4. The molecule has 0 aliphatic rings. The van der Waals surface area contributed by atoms with Gasteiger partial charge in [0, 0.05) is 23.0 Å². The number of amides is 1. The number of carbonyl (C=O) groups excluding carboxylic acids is 1. The van der Waals surface area contributed by atoms with Crippen LogP contribution in [0.4, 0.5) is 0 Å². The standard InChI is InChI=1S/C15H17ClN2O/c1-10-8-14(11(2)18-10)15(19)17-7-6-12-4-3-5-13(16)9-12/h3-5,8-9,18H,6-7H2,1-2H3,(H,17,19). The smallest absolute Gasteiger partial charge is 0.253 e. The average Bonchev–Trinajstić information content (AvgIpc) is 2.68. The Bertz CT molecular complexity index is 590. The lowest BCUT2D eigenvalue weighted by molar-refractivity contribution is 0.0953. The Morgan fingerprint density at radius 2 is 2.11 bits per heavy atom. The highest BCUT2D eigenvalue weighted by Gasteiger charge is 2.10. The number of aromatic amines is 1. The number of aromatic nitrogens is 1. The zero-order valence-corrected chi connectivity index (χ0v) is 11.8. The van der Waals surface area contributed by atoms with E-state index in [0.717, 1.165) is 28.4 Å². The Kier molecular flexibility index (Phi) is 4.27. The molecule has 100 valence electrons. The van der Waals surface area contributed by atoms with Crippen molar-refractivity contribution in [3.05, 3.63) is 57.9 Å². The lowest BCUT2D eigenvalue weighted by Crippen LogP contribution is -2.25. The van der Waals surface area contributed by atoms with Crippen LogP contribution >= 0.6 is 11.6 Å². The van der Waals surface area contributed by atoms with Crippen molar-refractivity contribution >= 4 is 17.5 Å². The molecule has 1 aromatic carbocycles. The molecule has 0 saturated heterocycles. The molecule has 0 saturated carbocycles. The molecular weight excluding hydrogens is 260 g/mol. The maximum atomic E-state index is 12.0. The Hall–Kier alpha value is -1.74. The number of H-pyrrole nitrogens is 1. The third kappa shape index (κ3) is 3.61. The number of benzene rings is 1. The Morgan fingerprint density at radius 1 is 1.32 bits per heavy atom. The Morgan fingerprint density at radius 3 is 2.74 bits per heavy atom. The molecule has 2 N–H and O–H groups in total. The van der Waals surface area contributed by atoms with E-state index in [1.54, 1.807) is 0 Å². The molecule has 0 fully saturated rings. The molecule has 3 nitrogen and oxygen atoms in total. The molecule has 1 heterocycles. The van der Waals surface area contributed by atoms with Crippen LogP contribution in [0.3, 0.4) is 0 Å². The molecular formula is C15H17ClN2O. The molecule has 4 heteroatoms. The fraction of sp³-hybridized carbons (Fsp3) is 0.267. The summed E-state index contributed by atoms with van der Waals surface area (Å²) in [5.74, 6) is -0.0381. The van der Waals surface area contributed by atoms with E-state index in [9.17, 15) is 4.79 Å². The van der Waals surface area contributed by atoms with Gasteiger partial charge in [-0.3, -0.25) is 4.79 Å². The highest BCUT2D eigenvalue weighted by Crippen LogP contribution is 2.11. The first-order valence-electron chi connectivity index (χ1n) is 6.25. The van der Waals surface area contributed by atoms with Crippen LogP contribution in [0, 0.1) is 13.8 Å². The van der Waals surface area contributed by atoms with Crippen LogP contribution in [0.2, 0.25) is 5.02 Å². The molecule has 0 unspecified atom stereocenters. The highest BCUT2D eigenvalue weighted by molar-refractivity contribution is 6.30. The molecule has 0 atom stereocenters. The van der Waals surface area contributed by atoms with Crippen LogP contribution < -0.4 is 5.32 Å². The van der Waals surface area contributed by atoms with E-state index in [4.69, 9.17) is 11.6 Å². The van der Waals surface area contributed by atoms with Gasteiger partial charge in [-0.2, -0.15) is 0 Å². The van der Waals surface area contributed by atoms with Crippen molar-refractivity contribution in [2.45, 2.75) is 20.3 Å². The SMILES string of the molecule is Cc1cc(C(=O)NCCc2cccc(Cl)c2)c(C)[nH]1. The van der Waals surface area contributed by atoms with Crippen LogP contribution in [0.25, 0.3) is 0 Å². The summed E-state index contributed by atoms with van der Waals surface area (Å²) in [5, 5.41) is 3.64. The van der Waals surface area contributed by atoms with E-state index >= 15 is 0 Å². The molecule has 1 aromatic heterocycles. The summed E-state index contributed by atoms with van der Waals surface area (Å²) >= 11 is 5.91. The van der Waals surface area contributed by atoms with Crippen molar-refractivity contribution in [2.75, 3.05) is 6.54 Å². The number of hydrogen-bond donors (Lipinski definition) is 2. The van der Waals surface area contributed by atoms with Crippen LogP contribution in [0.15, 0.2) is 30.3 Å². The first-order valence-corrected chi connectivity index (χ1v) is 6.63. The minimum absolute atomic E-state index is 0.0381. The van der Waals surface area contributed by atoms with Crippen molar-refractivity contribution in [2.24, 2.45) is 0 Å². The predicted molar refractivity (Wildman–Crippen MR) is 77.8 cm³/mol. The fourth-order valence-electron chi connectivity index (χ4n) is 2.07. The van der Waals surface area contributed by atoms with Gasteiger partial charge in [0.25, 0.3) is 5.91 Å². The van der Waals surface area contributed by atoms with Crippen LogP contribution in [0.5, 0.6) is 0 Å². The molecule has 2 rings (SSSR count). The lowest BCUT2D eigenvalue weighted by Gasteiger charge is -2.05. The summed E-state index contributed by atoms with van der Waals surface area (Å²) in [5.41, 5.74) is 3.73. The molecule has 0 bridgehead atoms. The summed E-state index contributed by atoms with van der Waals surface area (Å²) in [7, 11) is 0. The summed E-state index contributed by atoms with van der Waals surface area (Å²) in [6, 6.07) is 9.54. The van der Waals surface area contributed by atoms with Crippen LogP contribution in [-0.2, 0) is 6.42 Å². The fourth-order valence-corrected chi connectivity index (χ4v) is 2.28. The zero-order chi connectivity index (χ0) is 13.8. The minimum atomic E-state index is -0.0381. The molecule has 0 spiro atoms. The van der Waals surface area contributed by atoms with E-state index in [-0.39, 0.29) is 5.91 Å². The number of aryl methyl sites for hydroxylation is 2. The molecule has 0 aliphatic carbocycles. The van der Waals surface area contributed by atoms with Gasteiger partial charge in [0.2, 0.25) is 0 Å². The summed E-state index contributed by atoms with van der Waals surface area (Å²) in [4.78, 5) is 15.1.